The van der Waals surface area contributed by atoms with Crippen LogP contribution in [0, 0.1) is 0 Å². The molecule has 0 saturated heterocycles. The van der Waals surface area contributed by atoms with Crippen LogP contribution in [0.15, 0.2) is 24.4 Å². The highest BCUT2D eigenvalue weighted by molar-refractivity contribution is 6.42. The average molecular weight is 248 g/mol. The molecule has 2 aromatic rings. The molecular formula is C9H5Cl3N2. The molecule has 0 atom stereocenters. The van der Waals surface area contributed by atoms with Crippen LogP contribution in [0.1, 0.15) is 0 Å². The Balaban J connectivity index is 2.60. The fourth-order valence-corrected chi connectivity index (χ4v) is 1.71. The van der Waals surface area contributed by atoms with E-state index in [0.29, 0.717) is 15.7 Å². The van der Waals surface area contributed by atoms with Crippen LogP contribution >= 0.6 is 34.8 Å². The maximum atomic E-state index is 5.97. The summed E-state index contributed by atoms with van der Waals surface area (Å²) in [5, 5.41) is 1.08. The number of pyridine rings is 1. The van der Waals surface area contributed by atoms with Crippen molar-refractivity contribution in [2.75, 3.05) is 0 Å². The van der Waals surface area contributed by atoms with Gasteiger partial charge in [0.15, 0.2) is 0 Å². The Kier molecular flexibility index (Phi) is 2.68. The SMILES string of the molecule is Clc1cc(Cl)c(-c2ccc[nH]2)nc1Cl. The summed E-state index contributed by atoms with van der Waals surface area (Å²) in [7, 11) is 0. The minimum Gasteiger partial charge on any atom is -0.360 e. The summed E-state index contributed by atoms with van der Waals surface area (Å²) >= 11 is 17.5. The molecule has 72 valence electrons. The lowest BCUT2D eigenvalue weighted by molar-refractivity contribution is 1.28. The summed E-state index contributed by atoms with van der Waals surface area (Å²) < 4.78 is 0. The normalized spacial score (nSPS) is 10.5. The van der Waals surface area contributed by atoms with E-state index < -0.39 is 0 Å². The van der Waals surface area contributed by atoms with Gasteiger partial charge in [0.25, 0.3) is 0 Å². The minimum absolute atomic E-state index is 0.251. The zero-order valence-corrected chi connectivity index (χ0v) is 9.16. The van der Waals surface area contributed by atoms with Gasteiger partial charge in [0, 0.05) is 6.20 Å². The Morgan fingerprint density at radius 2 is 1.93 bits per heavy atom. The van der Waals surface area contributed by atoms with Crippen LogP contribution in [0.2, 0.25) is 15.2 Å². The van der Waals surface area contributed by atoms with Gasteiger partial charge in [-0.25, -0.2) is 4.98 Å². The lowest BCUT2D eigenvalue weighted by Crippen LogP contribution is -1.86. The molecule has 0 amide bonds. The minimum atomic E-state index is 0.251. The highest BCUT2D eigenvalue weighted by Gasteiger charge is 2.09. The standard InChI is InChI=1S/C9H5Cl3N2/c10-5-4-6(11)9(12)14-8(5)7-2-1-3-13-7/h1-4,13H. The zero-order chi connectivity index (χ0) is 10.1. The molecule has 5 heteroatoms. The second kappa shape index (κ2) is 3.81. The fraction of sp³-hybridized carbons (Fsp3) is 0. The van der Waals surface area contributed by atoms with E-state index in [0.717, 1.165) is 5.69 Å². The molecule has 0 aliphatic rings. The maximum Gasteiger partial charge on any atom is 0.148 e. The summed E-state index contributed by atoms with van der Waals surface area (Å²) in [6.45, 7) is 0. The molecular weight excluding hydrogens is 242 g/mol. The van der Waals surface area contributed by atoms with Gasteiger partial charge in [0.1, 0.15) is 10.8 Å². The number of H-pyrrole nitrogens is 1. The quantitative estimate of drug-likeness (QED) is 0.757. The van der Waals surface area contributed by atoms with Gasteiger partial charge in [-0.05, 0) is 18.2 Å². The van der Waals surface area contributed by atoms with Crippen molar-refractivity contribution in [2.45, 2.75) is 0 Å². The van der Waals surface area contributed by atoms with E-state index in [4.69, 9.17) is 34.8 Å². The molecule has 14 heavy (non-hydrogen) atoms. The number of nitrogens with one attached hydrogen (secondary N) is 1. The maximum absolute atomic E-state index is 5.97. The summed E-state index contributed by atoms with van der Waals surface area (Å²) in [6, 6.07) is 5.29. The molecule has 0 aliphatic carbocycles. The van der Waals surface area contributed by atoms with Crippen molar-refractivity contribution in [1.29, 1.82) is 0 Å². The van der Waals surface area contributed by atoms with Gasteiger partial charge in [-0.3, -0.25) is 0 Å². The molecule has 2 aromatic heterocycles. The van der Waals surface area contributed by atoms with Gasteiger partial charge in [-0.1, -0.05) is 34.8 Å². The van der Waals surface area contributed by atoms with Crippen LogP contribution in [-0.4, -0.2) is 9.97 Å². The van der Waals surface area contributed by atoms with Crippen LogP contribution in [0.3, 0.4) is 0 Å². The molecule has 2 heterocycles. The van der Waals surface area contributed by atoms with Gasteiger partial charge in [0.2, 0.25) is 0 Å². The van der Waals surface area contributed by atoms with E-state index in [-0.39, 0.29) is 5.15 Å². The molecule has 0 radical (unpaired) electrons. The Bertz CT molecular complexity index is 451. The van der Waals surface area contributed by atoms with E-state index in [1.165, 1.54) is 0 Å². The summed E-state index contributed by atoms with van der Waals surface area (Å²) in [5.74, 6) is 0. The first-order valence-corrected chi connectivity index (χ1v) is 4.97. The Morgan fingerprint density at radius 3 is 2.57 bits per heavy atom. The third kappa shape index (κ3) is 1.73. The highest BCUT2D eigenvalue weighted by atomic mass is 35.5. The van der Waals surface area contributed by atoms with E-state index in [1.54, 1.807) is 12.3 Å². The second-order valence-corrected chi connectivity index (χ2v) is 3.85. The third-order valence-corrected chi connectivity index (χ3v) is 2.70. The van der Waals surface area contributed by atoms with E-state index >= 15 is 0 Å². The summed E-state index contributed by atoms with van der Waals surface area (Å²) in [5.41, 5.74) is 1.42. The first-order chi connectivity index (χ1) is 6.68. The van der Waals surface area contributed by atoms with Crippen LogP contribution in [0.25, 0.3) is 11.4 Å². The van der Waals surface area contributed by atoms with Gasteiger partial charge >= 0.3 is 0 Å². The molecule has 0 aromatic carbocycles. The second-order valence-electron chi connectivity index (χ2n) is 2.68. The lowest BCUT2D eigenvalue weighted by Gasteiger charge is -2.02. The first kappa shape index (κ1) is 9.84. The van der Waals surface area contributed by atoms with Crippen molar-refractivity contribution in [3.05, 3.63) is 39.6 Å². The molecule has 0 saturated carbocycles. The van der Waals surface area contributed by atoms with E-state index in [1.807, 2.05) is 12.1 Å². The average Bonchev–Trinajstić information content (AvgIpc) is 2.64. The number of hydrogen-bond donors (Lipinski definition) is 1. The molecule has 0 aliphatic heterocycles. The highest BCUT2D eigenvalue weighted by Crippen LogP contribution is 2.31. The van der Waals surface area contributed by atoms with Gasteiger partial charge in [-0.15, -0.1) is 0 Å². The van der Waals surface area contributed by atoms with Crippen molar-refractivity contribution >= 4 is 34.8 Å². The Labute approximate surface area is 95.8 Å². The van der Waals surface area contributed by atoms with E-state index in [2.05, 4.69) is 9.97 Å². The zero-order valence-electron chi connectivity index (χ0n) is 6.89. The molecule has 0 bridgehead atoms. The Morgan fingerprint density at radius 1 is 1.14 bits per heavy atom. The predicted molar refractivity (Wildman–Crippen MR) is 59.1 cm³/mol. The number of hydrogen-bond acceptors (Lipinski definition) is 1. The topological polar surface area (TPSA) is 28.7 Å². The van der Waals surface area contributed by atoms with Gasteiger partial charge in [0.05, 0.1) is 15.7 Å². The molecule has 0 unspecified atom stereocenters. The molecule has 0 spiro atoms. The van der Waals surface area contributed by atoms with Crippen molar-refractivity contribution in [2.24, 2.45) is 0 Å². The molecule has 0 fully saturated rings. The largest absolute Gasteiger partial charge is 0.360 e. The first-order valence-electron chi connectivity index (χ1n) is 3.84. The van der Waals surface area contributed by atoms with Crippen LogP contribution in [0.4, 0.5) is 0 Å². The number of aromatic nitrogens is 2. The molecule has 2 rings (SSSR count). The lowest BCUT2D eigenvalue weighted by atomic mass is 10.3. The summed E-state index contributed by atoms with van der Waals surface area (Å²) in [4.78, 5) is 7.08. The number of nitrogens with zero attached hydrogens (tertiary/aromatic N) is 1. The van der Waals surface area contributed by atoms with Gasteiger partial charge in [-0.2, -0.15) is 0 Å². The van der Waals surface area contributed by atoms with Crippen LogP contribution in [0.5, 0.6) is 0 Å². The predicted octanol–water partition coefficient (Wildman–Crippen LogP) is 4.04. The van der Waals surface area contributed by atoms with Crippen molar-refractivity contribution < 1.29 is 0 Å². The third-order valence-electron chi connectivity index (χ3n) is 1.74. The van der Waals surface area contributed by atoms with Crippen molar-refractivity contribution in [3.63, 3.8) is 0 Å². The summed E-state index contributed by atoms with van der Waals surface area (Å²) in [6.07, 6.45) is 1.79. The van der Waals surface area contributed by atoms with Crippen LogP contribution in [-0.2, 0) is 0 Å². The number of aromatic amines is 1. The van der Waals surface area contributed by atoms with E-state index in [9.17, 15) is 0 Å². The van der Waals surface area contributed by atoms with Crippen molar-refractivity contribution in [3.8, 4) is 11.4 Å². The fourth-order valence-electron chi connectivity index (χ4n) is 1.11. The Hall–Kier alpha value is -0.700. The van der Waals surface area contributed by atoms with Gasteiger partial charge < -0.3 is 4.98 Å². The molecule has 2 nitrogen and oxygen atoms in total. The smallest absolute Gasteiger partial charge is 0.148 e. The number of halogens is 3. The number of rotatable bonds is 1. The molecule has 1 N–H and O–H groups in total. The van der Waals surface area contributed by atoms with Crippen LogP contribution < -0.4 is 0 Å². The monoisotopic (exact) mass is 246 g/mol. The van der Waals surface area contributed by atoms with Crippen molar-refractivity contribution in [1.82, 2.24) is 9.97 Å².